The highest BCUT2D eigenvalue weighted by atomic mass is 16.5. The third-order valence-electron chi connectivity index (χ3n) is 5.89. The summed E-state index contributed by atoms with van der Waals surface area (Å²) in [4.78, 5) is 0. The van der Waals surface area contributed by atoms with Crippen LogP contribution in [-0.4, -0.2) is 6.10 Å². The molecule has 0 heterocycles. The third-order valence-corrected chi connectivity index (χ3v) is 5.89. The van der Waals surface area contributed by atoms with Gasteiger partial charge in [-0.3, -0.25) is 0 Å². The molecule has 0 unspecified atom stereocenters. The lowest BCUT2D eigenvalue weighted by atomic mass is 9.70. The highest BCUT2D eigenvalue weighted by molar-refractivity contribution is 4.84. The van der Waals surface area contributed by atoms with Crippen LogP contribution in [0.25, 0.3) is 0 Å². The molecule has 2 fully saturated rings. The van der Waals surface area contributed by atoms with Gasteiger partial charge in [0.1, 0.15) is 0 Å². The molecule has 2 saturated carbocycles. The van der Waals surface area contributed by atoms with Gasteiger partial charge in [0.05, 0.1) is 12.4 Å². The second kappa shape index (κ2) is 9.54. The van der Waals surface area contributed by atoms with E-state index >= 15 is 0 Å². The maximum atomic E-state index is 6.01. The average molecular weight is 293 g/mol. The van der Waals surface area contributed by atoms with Crippen molar-refractivity contribution >= 4 is 0 Å². The first-order valence-corrected chi connectivity index (χ1v) is 9.63. The van der Waals surface area contributed by atoms with Gasteiger partial charge in [0.25, 0.3) is 0 Å². The smallest absolute Gasteiger partial charge is 0.0981 e. The van der Waals surface area contributed by atoms with E-state index in [1.807, 2.05) is 6.26 Å². The second-order valence-electron chi connectivity index (χ2n) is 7.39. The van der Waals surface area contributed by atoms with Gasteiger partial charge in [0.2, 0.25) is 0 Å². The lowest BCUT2D eigenvalue weighted by molar-refractivity contribution is 0.0513. The van der Waals surface area contributed by atoms with Crippen LogP contribution in [0.2, 0.25) is 0 Å². The van der Waals surface area contributed by atoms with Crippen LogP contribution in [0.1, 0.15) is 90.9 Å². The quantitative estimate of drug-likeness (QED) is 0.385. The van der Waals surface area contributed by atoms with Crippen LogP contribution in [-0.2, 0) is 4.74 Å². The first-order valence-electron chi connectivity index (χ1n) is 9.63. The molecule has 1 nitrogen and oxygen atoms in total. The zero-order chi connectivity index (χ0) is 14.9. The van der Waals surface area contributed by atoms with Crippen molar-refractivity contribution < 1.29 is 4.74 Å². The molecular weight excluding hydrogens is 256 g/mol. The summed E-state index contributed by atoms with van der Waals surface area (Å²) in [6.45, 7) is 4.61. The summed E-state index contributed by atoms with van der Waals surface area (Å²) in [5.41, 5.74) is 0. The maximum Gasteiger partial charge on any atom is 0.0981 e. The Labute approximate surface area is 132 Å². The molecule has 0 spiro atoms. The van der Waals surface area contributed by atoms with E-state index in [4.69, 9.17) is 4.74 Å². The number of unbranched alkanes of at least 4 members (excludes halogenated alkanes) is 2. The van der Waals surface area contributed by atoms with Gasteiger partial charge in [-0.2, -0.15) is 0 Å². The lowest BCUT2D eigenvalue weighted by Crippen LogP contribution is -2.29. The first-order chi connectivity index (χ1) is 10.3. The van der Waals surface area contributed by atoms with E-state index in [-0.39, 0.29) is 0 Å². The summed E-state index contributed by atoms with van der Waals surface area (Å²) in [5.74, 6) is 2.98. The second-order valence-corrected chi connectivity index (χ2v) is 7.39. The fraction of sp³-hybridized carbons (Fsp3) is 0.900. The standard InChI is InChI=1S/C20H36O/c1-3-5-6-7-15-21-20-10-8-9-19(16-20)18-13-11-17(4-2)12-14-18/h7,15,17-20H,3-6,8-14,16H2,1-2H3/b15-7+/t17?,18?,19-,20-/m1/s1. The van der Waals surface area contributed by atoms with Crippen LogP contribution < -0.4 is 0 Å². The van der Waals surface area contributed by atoms with Gasteiger partial charge in [-0.15, -0.1) is 0 Å². The van der Waals surface area contributed by atoms with E-state index in [0.29, 0.717) is 6.10 Å². The van der Waals surface area contributed by atoms with Crippen molar-refractivity contribution in [2.75, 3.05) is 0 Å². The summed E-state index contributed by atoms with van der Waals surface area (Å²) in [5, 5.41) is 0. The fourth-order valence-electron chi connectivity index (χ4n) is 4.36. The number of hydrogen-bond acceptors (Lipinski definition) is 1. The molecule has 0 aromatic carbocycles. The Kier molecular flexibility index (Phi) is 7.68. The first kappa shape index (κ1) is 16.9. The minimum atomic E-state index is 0.505. The molecule has 2 rings (SSSR count). The van der Waals surface area contributed by atoms with Crippen LogP contribution in [0.4, 0.5) is 0 Å². The van der Waals surface area contributed by atoms with Crippen molar-refractivity contribution in [3.8, 4) is 0 Å². The Bertz CT molecular complexity index is 288. The van der Waals surface area contributed by atoms with Gasteiger partial charge in [-0.25, -0.2) is 0 Å². The van der Waals surface area contributed by atoms with Crippen molar-refractivity contribution in [2.24, 2.45) is 17.8 Å². The molecule has 2 aliphatic rings. The minimum Gasteiger partial charge on any atom is -0.498 e. The monoisotopic (exact) mass is 292 g/mol. The number of rotatable bonds is 7. The minimum absolute atomic E-state index is 0.505. The van der Waals surface area contributed by atoms with Crippen LogP contribution in [0, 0.1) is 17.8 Å². The topological polar surface area (TPSA) is 9.23 Å². The van der Waals surface area contributed by atoms with E-state index < -0.39 is 0 Å². The normalized spacial score (nSPS) is 34.2. The van der Waals surface area contributed by atoms with E-state index in [1.54, 1.807) is 0 Å². The molecule has 0 bridgehead atoms. The van der Waals surface area contributed by atoms with Crippen molar-refractivity contribution in [1.82, 2.24) is 0 Å². The number of hydrogen-bond donors (Lipinski definition) is 0. The molecular formula is C20H36O. The fourth-order valence-corrected chi connectivity index (χ4v) is 4.36. The molecule has 0 N–H and O–H groups in total. The summed E-state index contributed by atoms with van der Waals surface area (Å²) < 4.78 is 6.01. The van der Waals surface area contributed by atoms with Crippen molar-refractivity contribution in [1.29, 1.82) is 0 Å². The Balaban J connectivity index is 1.69. The van der Waals surface area contributed by atoms with Gasteiger partial charge >= 0.3 is 0 Å². The molecule has 0 amide bonds. The Hall–Kier alpha value is -0.460. The molecule has 2 atom stereocenters. The largest absolute Gasteiger partial charge is 0.498 e. The van der Waals surface area contributed by atoms with E-state index in [9.17, 15) is 0 Å². The Morgan fingerprint density at radius 1 is 0.952 bits per heavy atom. The van der Waals surface area contributed by atoms with E-state index in [0.717, 1.165) is 17.8 Å². The summed E-state index contributed by atoms with van der Waals surface area (Å²) in [6, 6.07) is 0. The van der Waals surface area contributed by atoms with Crippen molar-refractivity contribution in [3.63, 3.8) is 0 Å². The van der Waals surface area contributed by atoms with Gasteiger partial charge in [-0.1, -0.05) is 39.5 Å². The molecule has 21 heavy (non-hydrogen) atoms. The molecule has 0 radical (unpaired) electrons. The third kappa shape index (κ3) is 5.68. The number of allylic oxidation sites excluding steroid dienone is 1. The predicted octanol–water partition coefficient (Wildman–Crippen LogP) is 6.48. The highest BCUT2D eigenvalue weighted by Crippen LogP contribution is 2.41. The molecule has 0 aromatic heterocycles. The van der Waals surface area contributed by atoms with Crippen LogP contribution in [0.3, 0.4) is 0 Å². The number of ether oxygens (including phenoxy) is 1. The average Bonchev–Trinajstić information content (AvgIpc) is 2.55. The van der Waals surface area contributed by atoms with Crippen molar-refractivity contribution in [2.45, 2.75) is 97.0 Å². The van der Waals surface area contributed by atoms with Gasteiger partial charge in [-0.05, 0) is 75.2 Å². The van der Waals surface area contributed by atoms with Crippen molar-refractivity contribution in [3.05, 3.63) is 12.3 Å². The maximum absolute atomic E-state index is 6.01. The molecule has 0 saturated heterocycles. The van der Waals surface area contributed by atoms with Crippen LogP contribution >= 0.6 is 0 Å². The summed E-state index contributed by atoms with van der Waals surface area (Å²) >= 11 is 0. The molecule has 0 aliphatic heterocycles. The van der Waals surface area contributed by atoms with Crippen LogP contribution in [0.15, 0.2) is 12.3 Å². The van der Waals surface area contributed by atoms with E-state index in [1.165, 1.54) is 77.0 Å². The molecule has 2 aliphatic carbocycles. The zero-order valence-electron chi connectivity index (χ0n) is 14.4. The van der Waals surface area contributed by atoms with Gasteiger partial charge < -0.3 is 4.74 Å². The highest BCUT2D eigenvalue weighted by Gasteiger charge is 2.31. The van der Waals surface area contributed by atoms with Gasteiger partial charge in [0.15, 0.2) is 0 Å². The summed E-state index contributed by atoms with van der Waals surface area (Å²) in [6.07, 6.45) is 21.2. The molecule has 122 valence electrons. The summed E-state index contributed by atoms with van der Waals surface area (Å²) in [7, 11) is 0. The predicted molar refractivity (Wildman–Crippen MR) is 91.2 cm³/mol. The lowest BCUT2D eigenvalue weighted by Gasteiger charge is -2.38. The Morgan fingerprint density at radius 3 is 2.48 bits per heavy atom. The Morgan fingerprint density at radius 2 is 1.76 bits per heavy atom. The van der Waals surface area contributed by atoms with Gasteiger partial charge in [0, 0.05) is 0 Å². The SMILES string of the molecule is CCCC/C=C/O[C@@H]1CCC[C@@H](C2CCC(CC)CC2)C1. The zero-order valence-corrected chi connectivity index (χ0v) is 14.4. The molecule has 1 heteroatoms. The van der Waals surface area contributed by atoms with E-state index in [2.05, 4.69) is 19.9 Å². The van der Waals surface area contributed by atoms with Crippen LogP contribution in [0.5, 0.6) is 0 Å². The molecule has 0 aromatic rings.